The van der Waals surface area contributed by atoms with Crippen molar-refractivity contribution < 1.29 is 4.79 Å². The molecule has 0 N–H and O–H groups in total. The molecule has 0 unspecified atom stereocenters. The van der Waals surface area contributed by atoms with E-state index in [9.17, 15) is 4.79 Å². The van der Waals surface area contributed by atoms with Crippen LogP contribution in [0.2, 0.25) is 0 Å². The molecule has 3 aromatic rings. The normalized spacial score (nSPS) is 14.8. The van der Waals surface area contributed by atoms with E-state index in [1.54, 1.807) is 0 Å². The van der Waals surface area contributed by atoms with Crippen molar-refractivity contribution in [3.8, 4) is 10.6 Å². The van der Waals surface area contributed by atoms with Gasteiger partial charge in [-0.3, -0.25) is 9.69 Å². The molecule has 1 amide bonds. The second kappa shape index (κ2) is 8.31. The van der Waals surface area contributed by atoms with Gasteiger partial charge in [-0.25, -0.2) is 0 Å². The first-order chi connectivity index (χ1) is 14.3. The zero-order chi connectivity index (χ0) is 21.3. The molecule has 1 fully saturated rings. The van der Waals surface area contributed by atoms with Crippen LogP contribution in [0.1, 0.15) is 67.9 Å². The Bertz CT molecular complexity index is 1030. The first-order valence-corrected chi connectivity index (χ1v) is 11.5. The highest BCUT2D eigenvalue weighted by molar-refractivity contribution is 7.18. The summed E-state index contributed by atoms with van der Waals surface area (Å²) in [4.78, 5) is 15.5. The number of hydrogen-bond donors (Lipinski definition) is 0. The summed E-state index contributed by atoms with van der Waals surface area (Å²) in [5.74, 6) is 0.0225. The van der Waals surface area contributed by atoms with E-state index in [2.05, 4.69) is 62.2 Å². The van der Waals surface area contributed by atoms with Gasteiger partial charge in [0.05, 0.1) is 0 Å². The van der Waals surface area contributed by atoms with E-state index < -0.39 is 0 Å². The standard InChI is InChI=1S/C25H29N3OS/c1-17-8-7-9-19(16-17)22-26-27-24(30-22)28(21-10-5-6-11-21)23(29)18-12-14-20(15-13-18)25(2,3)4/h7-9,12-16,21H,5-6,10-11H2,1-4H3. The molecule has 5 heteroatoms. The van der Waals surface area contributed by atoms with Crippen molar-refractivity contribution in [3.63, 3.8) is 0 Å². The fourth-order valence-electron chi connectivity index (χ4n) is 4.03. The number of aromatic nitrogens is 2. The highest BCUT2D eigenvalue weighted by atomic mass is 32.1. The van der Waals surface area contributed by atoms with Crippen molar-refractivity contribution in [2.24, 2.45) is 0 Å². The second-order valence-electron chi connectivity index (χ2n) is 9.20. The van der Waals surface area contributed by atoms with Crippen molar-refractivity contribution in [1.82, 2.24) is 10.2 Å². The Morgan fingerprint density at radius 3 is 2.37 bits per heavy atom. The van der Waals surface area contributed by atoms with Crippen LogP contribution in [-0.4, -0.2) is 22.1 Å². The van der Waals surface area contributed by atoms with Crippen LogP contribution in [0.3, 0.4) is 0 Å². The van der Waals surface area contributed by atoms with E-state index in [0.29, 0.717) is 10.7 Å². The minimum absolute atomic E-state index is 0.0225. The van der Waals surface area contributed by atoms with Gasteiger partial charge in [-0.15, -0.1) is 10.2 Å². The van der Waals surface area contributed by atoms with Crippen molar-refractivity contribution in [2.45, 2.75) is 64.8 Å². The number of carbonyl (C=O) groups excluding carboxylic acids is 1. The molecule has 0 saturated heterocycles. The molecular weight excluding hydrogens is 390 g/mol. The maximum Gasteiger partial charge on any atom is 0.260 e. The van der Waals surface area contributed by atoms with Crippen molar-refractivity contribution in [3.05, 3.63) is 65.2 Å². The summed E-state index contributed by atoms with van der Waals surface area (Å²) in [5.41, 5.74) is 4.24. The number of rotatable bonds is 4. The Morgan fingerprint density at radius 1 is 1.03 bits per heavy atom. The van der Waals surface area contributed by atoms with Crippen LogP contribution < -0.4 is 4.90 Å². The predicted molar refractivity (Wildman–Crippen MR) is 124 cm³/mol. The molecule has 1 aromatic heterocycles. The average molecular weight is 420 g/mol. The highest BCUT2D eigenvalue weighted by Crippen LogP contribution is 2.35. The van der Waals surface area contributed by atoms with Crippen LogP contribution in [0.5, 0.6) is 0 Å². The quantitative estimate of drug-likeness (QED) is 0.491. The van der Waals surface area contributed by atoms with Gasteiger partial charge in [0.25, 0.3) is 5.91 Å². The van der Waals surface area contributed by atoms with Gasteiger partial charge >= 0.3 is 0 Å². The largest absolute Gasteiger partial charge is 0.279 e. The lowest BCUT2D eigenvalue weighted by molar-refractivity contribution is 0.0976. The monoisotopic (exact) mass is 419 g/mol. The predicted octanol–water partition coefficient (Wildman–Crippen LogP) is 6.40. The number of nitrogens with zero attached hydrogens (tertiary/aromatic N) is 3. The van der Waals surface area contributed by atoms with Gasteiger partial charge < -0.3 is 0 Å². The molecule has 0 aliphatic heterocycles. The van der Waals surface area contributed by atoms with E-state index in [1.165, 1.54) is 22.5 Å². The third-order valence-corrected chi connectivity index (χ3v) is 6.76. The Kier molecular flexibility index (Phi) is 5.74. The van der Waals surface area contributed by atoms with E-state index in [0.717, 1.165) is 36.3 Å². The molecule has 4 rings (SSSR count). The summed E-state index contributed by atoms with van der Waals surface area (Å²) in [5, 5.41) is 10.4. The van der Waals surface area contributed by atoms with E-state index in [1.807, 2.05) is 29.2 Å². The molecule has 1 saturated carbocycles. The number of aryl methyl sites for hydroxylation is 1. The van der Waals surface area contributed by atoms with Gasteiger partial charge in [0.2, 0.25) is 5.13 Å². The van der Waals surface area contributed by atoms with Gasteiger partial charge in [0.1, 0.15) is 5.01 Å². The van der Waals surface area contributed by atoms with E-state index >= 15 is 0 Å². The van der Waals surface area contributed by atoms with E-state index in [-0.39, 0.29) is 17.4 Å². The van der Waals surface area contributed by atoms with Crippen LogP contribution in [0.25, 0.3) is 10.6 Å². The lowest BCUT2D eigenvalue weighted by Crippen LogP contribution is -2.39. The molecule has 0 atom stereocenters. The summed E-state index contributed by atoms with van der Waals surface area (Å²) in [6, 6.07) is 16.5. The van der Waals surface area contributed by atoms with Crippen LogP contribution in [-0.2, 0) is 5.41 Å². The molecule has 1 aliphatic rings. The number of amides is 1. The SMILES string of the molecule is Cc1cccc(-c2nnc(N(C(=O)c3ccc(C(C)(C)C)cc3)C3CCCC3)s2)c1. The molecular formula is C25H29N3OS. The summed E-state index contributed by atoms with van der Waals surface area (Å²) >= 11 is 1.50. The lowest BCUT2D eigenvalue weighted by Gasteiger charge is -2.26. The molecule has 1 aliphatic carbocycles. The summed E-state index contributed by atoms with van der Waals surface area (Å²) in [7, 11) is 0. The molecule has 0 bridgehead atoms. The van der Waals surface area contributed by atoms with Gasteiger partial charge in [0, 0.05) is 17.2 Å². The van der Waals surface area contributed by atoms with Crippen molar-refractivity contribution in [1.29, 1.82) is 0 Å². The van der Waals surface area contributed by atoms with Crippen molar-refractivity contribution >= 4 is 22.4 Å². The van der Waals surface area contributed by atoms with Gasteiger partial charge in [0.15, 0.2) is 0 Å². The third-order valence-electron chi connectivity index (χ3n) is 5.79. The fourth-order valence-corrected chi connectivity index (χ4v) is 4.94. The summed E-state index contributed by atoms with van der Waals surface area (Å²) in [6.07, 6.45) is 4.35. The Balaban J connectivity index is 1.66. The number of hydrogen-bond acceptors (Lipinski definition) is 4. The molecule has 0 spiro atoms. The first-order valence-electron chi connectivity index (χ1n) is 10.7. The van der Waals surface area contributed by atoms with Gasteiger partial charge in [-0.05, 0) is 48.9 Å². The van der Waals surface area contributed by atoms with Gasteiger partial charge in [-0.2, -0.15) is 0 Å². The molecule has 2 aromatic carbocycles. The maximum atomic E-state index is 13.6. The Labute approximate surface area is 183 Å². The Morgan fingerprint density at radius 2 is 1.73 bits per heavy atom. The number of anilines is 1. The summed E-state index contributed by atoms with van der Waals surface area (Å²) in [6.45, 7) is 8.62. The van der Waals surface area contributed by atoms with Crippen LogP contribution >= 0.6 is 11.3 Å². The number of carbonyl (C=O) groups is 1. The molecule has 156 valence electrons. The number of benzene rings is 2. The topological polar surface area (TPSA) is 46.1 Å². The molecule has 0 radical (unpaired) electrons. The molecule has 30 heavy (non-hydrogen) atoms. The Hall–Kier alpha value is -2.53. The average Bonchev–Trinajstić information content (AvgIpc) is 3.40. The van der Waals surface area contributed by atoms with Gasteiger partial charge in [-0.1, -0.05) is 80.8 Å². The van der Waals surface area contributed by atoms with Crippen LogP contribution in [0.4, 0.5) is 5.13 Å². The zero-order valence-electron chi connectivity index (χ0n) is 18.2. The fraction of sp³-hybridized carbons (Fsp3) is 0.400. The first kappa shape index (κ1) is 20.7. The second-order valence-corrected chi connectivity index (χ2v) is 10.2. The van der Waals surface area contributed by atoms with Crippen LogP contribution in [0.15, 0.2) is 48.5 Å². The highest BCUT2D eigenvalue weighted by Gasteiger charge is 2.31. The minimum Gasteiger partial charge on any atom is -0.279 e. The summed E-state index contributed by atoms with van der Waals surface area (Å²) < 4.78 is 0. The molecule has 1 heterocycles. The minimum atomic E-state index is 0.0225. The maximum absolute atomic E-state index is 13.6. The zero-order valence-corrected chi connectivity index (χ0v) is 19.0. The van der Waals surface area contributed by atoms with Crippen molar-refractivity contribution in [2.75, 3.05) is 4.90 Å². The van der Waals surface area contributed by atoms with E-state index in [4.69, 9.17) is 0 Å². The smallest absolute Gasteiger partial charge is 0.260 e. The lowest BCUT2D eigenvalue weighted by atomic mass is 9.86. The van der Waals surface area contributed by atoms with Crippen LogP contribution in [0, 0.1) is 6.92 Å². The third kappa shape index (κ3) is 4.31. The molecule has 4 nitrogen and oxygen atoms in total.